The van der Waals surface area contributed by atoms with Crippen LogP contribution in [0.1, 0.15) is 45.1 Å². The van der Waals surface area contributed by atoms with Gasteiger partial charge in [0.05, 0.1) is 0 Å². The molecule has 0 aliphatic carbocycles. The van der Waals surface area contributed by atoms with Crippen LogP contribution in [0.3, 0.4) is 0 Å². The maximum Gasteiger partial charge on any atom is 0.0402 e. The largest absolute Gasteiger partial charge is 0.371 e. The Morgan fingerprint density at radius 3 is 2.67 bits per heavy atom. The molecule has 1 aromatic rings. The van der Waals surface area contributed by atoms with Crippen LogP contribution in [0.4, 0.5) is 5.69 Å². The van der Waals surface area contributed by atoms with Gasteiger partial charge >= 0.3 is 0 Å². The summed E-state index contributed by atoms with van der Waals surface area (Å²) in [5.74, 6) is 0.660. The molecule has 18 heavy (non-hydrogen) atoms. The summed E-state index contributed by atoms with van der Waals surface area (Å²) in [6.07, 6.45) is 4.24. The fraction of sp³-hybridized carbons (Fsp3) is 0.500. The van der Waals surface area contributed by atoms with Crippen molar-refractivity contribution >= 4 is 18.3 Å². The Balaban J connectivity index is 0.000000492. The number of benzene rings is 1. The Morgan fingerprint density at radius 2 is 2.11 bits per heavy atom. The number of anilines is 1. The number of hydrogen-bond acceptors (Lipinski definition) is 2. The van der Waals surface area contributed by atoms with Gasteiger partial charge in [-0.15, -0.1) is 19.2 Å². The van der Waals surface area contributed by atoms with E-state index in [9.17, 15) is 0 Å². The second-order valence-corrected chi connectivity index (χ2v) is 5.48. The lowest BCUT2D eigenvalue weighted by Gasteiger charge is -2.39. The number of nitrogens with zero attached hydrogens (tertiary/aromatic N) is 1. The SMILES string of the molecule is C=CC.CCC1CC(C)c2cc(S)ccc2N1C. The quantitative estimate of drug-likeness (QED) is 0.558. The fourth-order valence-corrected chi connectivity index (χ4v) is 2.80. The van der Waals surface area contributed by atoms with Gasteiger partial charge in [0.1, 0.15) is 0 Å². The highest BCUT2D eigenvalue weighted by atomic mass is 32.1. The molecule has 0 saturated carbocycles. The third-order valence-electron chi connectivity index (χ3n) is 3.57. The van der Waals surface area contributed by atoms with Gasteiger partial charge in [-0.25, -0.2) is 0 Å². The summed E-state index contributed by atoms with van der Waals surface area (Å²) in [4.78, 5) is 3.49. The third kappa shape index (κ3) is 3.32. The van der Waals surface area contributed by atoms with Gasteiger partial charge in [0.2, 0.25) is 0 Å². The van der Waals surface area contributed by atoms with Crippen molar-refractivity contribution in [2.45, 2.75) is 50.5 Å². The van der Waals surface area contributed by atoms with Crippen LogP contribution in [0.2, 0.25) is 0 Å². The van der Waals surface area contributed by atoms with E-state index in [0.29, 0.717) is 12.0 Å². The Morgan fingerprint density at radius 1 is 1.50 bits per heavy atom. The van der Waals surface area contributed by atoms with E-state index in [1.54, 1.807) is 6.08 Å². The molecule has 2 heteroatoms. The van der Waals surface area contributed by atoms with E-state index in [1.807, 2.05) is 6.92 Å². The molecule has 0 saturated heterocycles. The molecular formula is C16H25NS. The molecule has 1 aliphatic rings. The lowest BCUT2D eigenvalue weighted by Crippen LogP contribution is -2.36. The van der Waals surface area contributed by atoms with Crippen LogP contribution in [0, 0.1) is 0 Å². The molecule has 2 atom stereocenters. The van der Waals surface area contributed by atoms with E-state index in [0.717, 1.165) is 4.90 Å². The highest BCUT2D eigenvalue weighted by Crippen LogP contribution is 2.39. The molecule has 0 N–H and O–H groups in total. The summed E-state index contributed by atoms with van der Waals surface area (Å²) in [6.45, 7) is 9.84. The fourth-order valence-electron chi connectivity index (χ4n) is 2.59. The van der Waals surface area contributed by atoms with Crippen molar-refractivity contribution in [1.29, 1.82) is 0 Å². The van der Waals surface area contributed by atoms with Gasteiger partial charge in [0.25, 0.3) is 0 Å². The molecule has 100 valence electrons. The van der Waals surface area contributed by atoms with E-state index in [1.165, 1.54) is 24.1 Å². The maximum atomic E-state index is 4.42. The van der Waals surface area contributed by atoms with Gasteiger partial charge < -0.3 is 4.90 Å². The predicted octanol–water partition coefficient (Wildman–Crippen LogP) is 4.89. The van der Waals surface area contributed by atoms with Crippen LogP contribution < -0.4 is 4.90 Å². The predicted molar refractivity (Wildman–Crippen MR) is 85.1 cm³/mol. The molecule has 2 rings (SSSR count). The first-order valence-corrected chi connectivity index (χ1v) is 7.12. The Hall–Kier alpha value is -0.890. The van der Waals surface area contributed by atoms with Crippen molar-refractivity contribution < 1.29 is 0 Å². The average molecular weight is 263 g/mol. The van der Waals surface area contributed by atoms with Crippen molar-refractivity contribution in [1.82, 2.24) is 0 Å². The summed E-state index contributed by atoms with van der Waals surface area (Å²) >= 11 is 4.42. The summed E-state index contributed by atoms with van der Waals surface area (Å²) in [6, 6.07) is 7.20. The van der Waals surface area contributed by atoms with Gasteiger partial charge in [-0.3, -0.25) is 0 Å². The molecule has 1 aliphatic heterocycles. The minimum atomic E-state index is 0.660. The Bertz CT molecular complexity index is 400. The van der Waals surface area contributed by atoms with Crippen LogP contribution in [0.25, 0.3) is 0 Å². The number of allylic oxidation sites excluding steroid dienone is 1. The summed E-state index contributed by atoms with van der Waals surface area (Å²) in [5.41, 5.74) is 2.84. The van der Waals surface area contributed by atoms with Crippen molar-refractivity contribution in [2.75, 3.05) is 11.9 Å². The van der Waals surface area contributed by atoms with Crippen molar-refractivity contribution in [3.05, 3.63) is 36.4 Å². The number of fused-ring (bicyclic) bond motifs is 1. The molecule has 0 aromatic heterocycles. The normalized spacial score (nSPS) is 21.7. The van der Waals surface area contributed by atoms with Crippen molar-refractivity contribution in [3.63, 3.8) is 0 Å². The summed E-state index contributed by atoms with van der Waals surface area (Å²) in [5, 5.41) is 0. The monoisotopic (exact) mass is 263 g/mol. The topological polar surface area (TPSA) is 3.24 Å². The van der Waals surface area contributed by atoms with Crippen LogP contribution in [0.5, 0.6) is 0 Å². The molecule has 0 amide bonds. The minimum Gasteiger partial charge on any atom is -0.371 e. The molecular weight excluding hydrogens is 238 g/mol. The van der Waals surface area contributed by atoms with Crippen LogP contribution >= 0.6 is 12.6 Å². The van der Waals surface area contributed by atoms with Gasteiger partial charge in [-0.05, 0) is 49.4 Å². The van der Waals surface area contributed by atoms with E-state index in [2.05, 4.69) is 63.2 Å². The molecule has 1 nitrogen and oxygen atoms in total. The highest BCUT2D eigenvalue weighted by molar-refractivity contribution is 7.80. The van der Waals surface area contributed by atoms with Crippen LogP contribution in [-0.4, -0.2) is 13.1 Å². The first-order valence-electron chi connectivity index (χ1n) is 6.67. The molecule has 0 radical (unpaired) electrons. The zero-order valence-electron chi connectivity index (χ0n) is 12.0. The second kappa shape index (κ2) is 6.89. The van der Waals surface area contributed by atoms with Gasteiger partial charge in [0, 0.05) is 23.7 Å². The maximum absolute atomic E-state index is 4.42. The van der Waals surface area contributed by atoms with Gasteiger partial charge in [-0.1, -0.05) is 19.9 Å². The second-order valence-electron chi connectivity index (χ2n) is 4.96. The standard InChI is InChI=1S/C13H19NS.C3H6/c1-4-10-7-9(2)12-8-11(15)5-6-13(12)14(10)3;1-3-2/h5-6,8-10,15H,4,7H2,1-3H3;3H,1H2,2H3. The zero-order valence-corrected chi connectivity index (χ0v) is 12.9. The first kappa shape index (κ1) is 15.2. The van der Waals surface area contributed by atoms with E-state index >= 15 is 0 Å². The summed E-state index contributed by atoms with van der Waals surface area (Å²) in [7, 11) is 2.21. The van der Waals surface area contributed by atoms with Crippen LogP contribution in [-0.2, 0) is 0 Å². The number of rotatable bonds is 1. The summed E-state index contributed by atoms with van der Waals surface area (Å²) < 4.78 is 0. The lowest BCUT2D eigenvalue weighted by atomic mass is 9.86. The molecule has 0 fully saturated rings. The Kier molecular flexibility index (Phi) is 5.80. The van der Waals surface area contributed by atoms with Crippen molar-refractivity contribution in [2.24, 2.45) is 0 Å². The molecule has 2 unspecified atom stereocenters. The van der Waals surface area contributed by atoms with Crippen molar-refractivity contribution in [3.8, 4) is 0 Å². The van der Waals surface area contributed by atoms with E-state index in [4.69, 9.17) is 0 Å². The third-order valence-corrected chi connectivity index (χ3v) is 3.84. The molecule has 1 heterocycles. The zero-order chi connectivity index (χ0) is 13.7. The average Bonchev–Trinajstić information content (AvgIpc) is 2.34. The molecule has 0 spiro atoms. The highest BCUT2D eigenvalue weighted by Gasteiger charge is 2.26. The van der Waals surface area contributed by atoms with Gasteiger partial charge in [-0.2, -0.15) is 0 Å². The van der Waals surface area contributed by atoms with E-state index < -0.39 is 0 Å². The first-order chi connectivity index (χ1) is 8.54. The number of thiol groups is 1. The lowest BCUT2D eigenvalue weighted by molar-refractivity contribution is 0.490. The molecule has 0 bridgehead atoms. The van der Waals surface area contributed by atoms with Crippen LogP contribution in [0.15, 0.2) is 35.7 Å². The minimum absolute atomic E-state index is 0.660. The molecule has 1 aromatic carbocycles. The van der Waals surface area contributed by atoms with Gasteiger partial charge in [0.15, 0.2) is 0 Å². The van der Waals surface area contributed by atoms with E-state index in [-0.39, 0.29) is 0 Å². The Labute approximate surface area is 117 Å². The number of hydrogen-bond donors (Lipinski definition) is 1. The smallest absolute Gasteiger partial charge is 0.0402 e.